The van der Waals surface area contributed by atoms with Gasteiger partial charge in [-0.2, -0.15) is 0 Å². The first kappa shape index (κ1) is 18.0. The first-order valence-electron chi connectivity index (χ1n) is 8.24. The van der Waals surface area contributed by atoms with E-state index in [1.807, 2.05) is 13.8 Å². The van der Waals surface area contributed by atoms with Gasteiger partial charge in [0.2, 0.25) is 17.7 Å². The van der Waals surface area contributed by atoms with Gasteiger partial charge < -0.3 is 15.5 Å². The lowest BCUT2D eigenvalue weighted by atomic mass is 10.0. The molecule has 130 valence electrons. The van der Waals surface area contributed by atoms with Crippen LogP contribution in [0.3, 0.4) is 0 Å². The van der Waals surface area contributed by atoms with Crippen LogP contribution in [0.4, 0.5) is 0 Å². The number of carbonyl (C=O) groups is 3. The summed E-state index contributed by atoms with van der Waals surface area (Å²) in [6.45, 7) is 4.99. The number of hydrogen-bond acceptors (Lipinski definition) is 3. The highest BCUT2D eigenvalue weighted by Gasteiger charge is 2.36. The summed E-state index contributed by atoms with van der Waals surface area (Å²) in [5, 5.41) is 0. The topological polar surface area (TPSA) is 83.7 Å². The summed E-state index contributed by atoms with van der Waals surface area (Å²) in [5.74, 6) is -0.418. The van der Waals surface area contributed by atoms with Crippen LogP contribution in [0, 0.1) is 5.92 Å². The van der Waals surface area contributed by atoms with E-state index in [2.05, 4.69) is 0 Å². The van der Waals surface area contributed by atoms with E-state index >= 15 is 0 Å². The second kappa shape index (κ2) is 7.47. The number of primary amides is 1. The molecule has 0 bridgehead atoms. The molecule has 3 amide bonds. The minimum Gasteiger partial charge on any atom is -0.366 e. The minimum absolute atomic E-state index is 0.0548. The summed E-state index contributed by atoms with van der Waals surface area (Å²) in [4.78, 5) is 39.3. The summed E-state index contributed by atoms with van der Waals surface area (Å²) in [7, 11) is 1.74. The van der Waals surface area contributed by atoms with Crippen LogP contribution in [0.2, 0.25) is 0 Å². The highest BCUT2D eigenvalue weighted by Crippen LogP contribution is 2.21. The van der Waals surface area contributed by atoms with E-state index in [0.29, 0.717) is 25.1 Å². The lowest BCUT2D eigenvalue weighted by Gasteiger charge is -2.33. The van der Waals surface area contributed by atoms with E-state index in [1.165, 1.54) is 0 Å². The van der Waals surface area contributed by atoms with Gasteiger partial charge in [-0.3, -0.25) is 14.4 Å². The molecule has 1 fully saturated rings. The lowest BCUT2D eigenvalue weighted by Crippen LogP contribution is -2.50. The van der Waals surface area contributed by atoms with Crippen molar-refractivity contribution in [1.82, 2.24) is 9.80 Å². The fraction of sp³-hybridized carbons (Fsp3) is 0.500. The summed E-state index contributed by atoms with van der Waals surface area (Å²) >= 11 is 0. The molecule has 1 atom stereocenters. The fourth-order valence-corrected chi connectivity index (χ4v) is 3.09. The van der Waals surface area contributed by atoms with Crippen molar-refractivity contribution in [2.24, 2.45) is 11.7 Å². The van der Waals surface area contributed by atoms with E-state index in [4.69, 9.17) is 5.73 Å². The van der Waals surface area contributed by atoms with Crippen LogP contribution in [0.5, 0.6) is 0 Å². The Bertz CT molecular complexity index is 625. The zero-order valence-corrected chi connectivity index (χ0v) is 14.5. The Balaban J connectivity index is 2.08. The van der Waals surface area contributed by atoms with Crippen molar-refractivity contribution >= 4 is 17.7 Å². The van der Waals surface area contributed by atoms with Crippen LogP contribution < -0.4 is 5.73 Å². The summed E-state index contributed by atoms with van der Waals surface area (Å²) in [6, 6.07) is 6.46. The molecule has 0 unspecified atom stereocenters. The summed E-state index contributed by atoms with van der Waals surface area (Å²) in [6.07, 6.45) is 1.34. The zero-order valence-electron chi connectivity index (χ0n) is 14.5. The van der Waals surface area contributed by atoms with Crippen molar-refractivity contribution in [1.29, 1.82) is 0 Å². The van der Waals surface area contributed by atoms with Gasteiger partial charge in [-0.05, 0) is 30.0 Å². The Labute approximate surface area is 142 Å². The third kappa shape index (κ3) is 3.93. The third-order valence-electron chi connectivity index (χ3n) is 4.36. The second-order valence-corrected chi connectivity index (χ2v) is 6.64. The molecule has 0 spiro atoms. The molecule has 1 saturated heterocycles. The molecule has 2 N–H and O–H groups in total. The third-order valence-corrected chi connectivity index (χ3v) is 4.36. The van der Waals surface area contributed by atoms with Crippen LogP contribution in [-0.2, 0) is 16.1 Å². The number of likely N-dealkylation sites (N-methyl/N-ethyl adjacent to an activating group) is 1. The number of nitrogens with zero attached hydrogens (tertiary/aromatic N) is 2. The average molecular weight is 331 g/mol. The van der Waals surface area contributed by atoms with Crippen LogP contribution in [-0.4, -0.2) is 47.2 Å². The van der Waals surface area contributed by atoms with Gasteiger partial charge in [0.25, 0.3) is 0 Å². The van der Waals surface area contributed by atoms with Gasteiger partial charge in [-0.15, -0.1) is 0 Å². The predicted molar refractivity (Wildman–Crippen MR) is 91.0 cm³/mol. The molecule has 1 aliphatic rings. The Kier molecular flexibility index (Phi) is 5.59. The summed E-state index contributed by atoms with van der Waals surface area (Å²) < 4.78 is 0. The zero-order chi connectivity index (χ0) is 17.9. The SMILES string of the molecule is CC(C)[C@H](C(=O)N(C)Cc1ccc(C(N)=O)cc1)N1CCCC1=O. The molecule has 1 aliphatic heterocycles. The van der Waals surface area contributed by atoms with Crippen molar-refractivity contribution in [3.8, 4) is 0 Å². The molecule has 0 aliphatic carbocycles. The molecule has 0 saturated carbocycles. The van der Waals surface area contributed by atoms with Gasteiger partial charge in [0, 0.05) is 32.1 Å². The van der Waals surface area contributed by atoms with Gasteiger partial charge in [-0.1, -0.05) is 26.0 Å². The number of nitrogens with two attached hydrogens (primary N) is 1. The first-order chi connectivity index (χ1) is 11.3. The lowest BCUT2D eigenvalue weighted by molar-refractivity contribution is -0.144. The van der Waals surface area contributed by atoms with Gasteiger partial charge in [0.15, 0.2) is 0 Å². The molecule has 6 heteroatoms. The standard InChI is InChI=1S/C18H25N3O3/c1-12(2)16(21-10-4-5-15(21)22)18(24)20(3)11-13-6-8-14(9-7-13)17(19)23/h6-9,12,16H,4-5,10-11H2,1-3H3,(H2,19,23)/t16-/m1/s1. The minimum atomic E-state index is -0.474. The number of carbonyl (C=O) groups excluding carboxylic acids is 3. The highest BCUT2D eigenvalue weighted by atomic mass is 16.2. The highest BCUT2D eigenvalue weighted by molar-refractivity contribution is 5.92. The van der Waals surface area contributed by atoms with Gasteiger partial charge in [-0.25, -0.2) is 0 Å². The Morgan fingerprint density at radius 2 is 1.88 bits per heavy atom. The fourth-order valence-electron chi connectivity index (χ4n) is 3.09. The molecule has 1 aromatic carbocycles. The molecule has 24 heavy (non-hydrogen) atoms. The van der Waals surface area contributed by atoms with Gasteiger partial charge in [0.05, 0.1) is 0 Å². The maximum atomic E-state index is 12.9. The van der Waals surface area contributed by atoms with Crippen LogP contribution in [0.15, 0.2) is 24.3 Å². The molecule has 0 aromatic heterocycles. The van der Waals surface area contributed by atoms with Crippen molar-refractivity contribution in [3.63, 3.8) is 0 Å². The van der Waals surface area contributed by atoms with E-state index in [9.17, 15) is 14.4 Å². The number of likely N-dealkylation sites (tertiary alicyclic amines) is 1. The number of benzene rings is 1. The Morgan fingerprint density at radius 1 is 1.25 bits per heavy atom. The number of rotatable bonds is 6. The quantitative estimate of drug-likeness (QED) is 0.855. The van der Waals surface area contributed by atoms with Gasteiger partial charge in [0.1, 0.15) is 6.04 Å². The van der Waals surface area contributed by atoms with E-state index in [0.717, 1.165) is 12.0 Å². The summed E-state index contributed by atoms with van der Waals surface area (Å²) in [5.41, 5.74) is 6.58. The molecule has 0 radical (unpaired) electrons. The normalized spacial score (nSPS) is 15.7. The van der Waals surface area contributed by atoms with Crippen LogP contribution >= 0.6 is 0 Å². The Morgan fingerprint density at radius 3 is 2.33 bits per heavy atom. The molecule has 6 nitrogen and oxygen atoms in total. The van der Waals surface area contributed by atoms with E-state index < -0.39 is 11.9 Å². The average Bonchev–Trinajstić information content (AvgIpc) is 2.93. The van der Waals surface area contributed by atoms with Crippen molar-refractivity contribution in [2.75, 3.05) is 13.6 Å². The smallest absolute Gasteiger partial charge is 0.248 e. The molecular weight excluding hydrogens is 306 g/mol. The molecule has 2 rings (SSSR count). The van der Waals surface area contributed by atoms with Crippen LogP contribution in [0.1, 0.15) is 42.6 Å². The largest absolute Gasteiger partial charge is 0.366 e. The number of amides is 3. The second-order valence-electron chi connectivity index (χ2n) is 6.64. The van der Waals surface area contributed by atoms with Crippen molar-refractivity contribution in [2.45, 2.75) is 39.3 Å². The van der Waals surface area contributed by atoms with E-state index in [1.54, 1.807) is 41.1 Å². The van der Waals surface area contributed by atoms with Crippen molar-refractivity contribution < 1.29 is 14.4 Å². The number of hydrogen-bond donors (Lipinski definition) is 1. The molecule has 1 heterocycles. The van der Waals surface area contributed by atoms with Gasteiger partial charge >= 0.3 is 0 Å². The van der Waals surface area contributed by atoms with Crippen molar-refractivity contribution in [3.05, 3.63) is 35.4 Å². The maximum absolute atomic E-state index is 12.9. The first-order valence-corrected chi connectivity index (χ1v) is 8.24. The predicted octanol–water partition coefficient (Wildman–Crippen LogP) is 1.39. The Hall–Kier alpha value is -2.37. The van der Waals surface area contributed by atoms with E-state index in [-0.39, 0.29) is 17.7 Å². The monoisotopic (exact) mass is 331 g/mol. The molecule has 1 aromatic rings. The van der Waals surface area contributed by atoms with Crippen LogP contribution in [0.25, 0.3) is 0 Å². The maximum Gasteiger partial charge on any atom is 0.248 e. The molecular formula is C18H25N3O3.